The third kappa shape index (κ3) is 4.97. The Labute approximate surface area is 205 Å². The highest BCUT2D eigenvalue weighted by atomic mass is 16.2. The van der Waals surface area contributed by atoms with Crippen molar-refractivity contribution in [3.8, 4) is 0 Å². The molecule has 2 heterocycles. The number of hydrogen-bond donors (Lipinski definition) is 1. The molecule has 1 aliphatic rings. The Bertz CT molecular complexity index is 1360. The minimum absolute atomic E-state index is 0.0333. The van der Waals surface area contributed by atoms with E-state index in [1.807, 2.05) is 101 Å². The molecule has 0 unspecified atom stereocenters. The number of nitrogens with one attached hydrogen (secondary N) is 1. The number of aromatic nitrogens is 2. The molecule has 3 aromatic carbocycles. The lowest BCUT2D eigenvalue weighted by Gasteiger charge is -2.32. The smallest absolute Gasteiger partial charge is 0.294 e. The summed E-state index contributed by atoms with van der Waals surface area (Å²) in [5.74, 6) is 0.481. The number of para-hydroxylation sites is 2. The fraction of sp³-hybridized carbons (Fsp3) is 0.276. The summed E-state index contributed by atoms with van der Waals surface area (Å²) >= 11 is 0. The van der Waals surface area contributed by atoms with Crippen molar-refractivity contribution in [2.75, 3.05) is 18.0 Å². The van der Waals surface area contributed by atoms with Crippen molar-refractivity contribution in [3.63, 3.8) is 0 Å². The van der Waals surface area contributed by atoms with Crippen molar-refractivity contribution < 1.29 is 4.79 Å². The Balaban J connectivity index is 1.33. The van der Waals surface area contributed by atoms with E-state index in [0.29, 0.717) is 38.3 Å². The first-order valence-electron chi connectivity index (χ1n) is 12.2. The van der Waals surface area contributed by atoms with E-state index in [-0.39, 0.29) is 23.4 Å². The fourth-order valence-electron chi connectivity index (χ4n) is 4.82. The number of hydrogen-bond acceptors (Lipinski definition) is 4. The molecule has 1 saturated heterocycles. The molecule has 0 bridgehead atoms. The summed E-state index contributed by atoms with van der Waals surface area (Å²) in [5, 5.41) is 3.15. The first kappa shape index (κ1) is 22.8. The lowest BCUT2D eigenvalue weighted by atomic mass is 9.95. The third-order valence-electron chi connectivity index (χ3n) is 6.84. The van der Waals surface area contributed by atoms with Crippen molar-refractivity contribution in [2.24, 2.45) is 5.92 Å². The van der Waals surface area contributed by atoms with E-state index in [9.17, 15) is 9.59 Å². The molecule has 5 rings (SSSR count). The molecule has 0 radical (unpaired) electrons. The number of amides is 1. The van der Waals surface area contributed by atoms with Crippen LogP contribution in [0.25, 0.3) is 11.0 Å². The minimum atomic E-state index is -0.0897. The number of benzene rings is 3. The SMILES string of the molecule is C[C@H](NC(=O)C1CCN(c2nc3ccccc3n(Cc3ccccc3)c2=O)CC1)c1ccccc1. The van der Waals surface area contributed by atoms with Gasteiger partial charge in [0, 0.05) is 19.0 Å². The topological polar surface area (TPSA) is 67.2 Å². The lowest BCUT2D eigenvalue weighted by molar-refractivity contribution is -0.126. The zero-order valence-corrected chi connectivity index (χ0v) is 19.9. The Morgan fingerprint density at radius 3 is 2.29 bits per heavy atom. The monoisotopic (exact) mass is 466 g/mol. The van der Waals surface area contributed by atoms with Gasteiger partial charge in [0.25, 0.3) is 5.56 Å². The number of nitrogens with zero attached hydrogens (tertiary/aromatic N) is 3. The zero-order valence-electron chi connectivity index (χ0n) is 19.9. The summed E-state index contributed by atoms with van der Waals surface area (Å²) in [7, 11) is 0. The second-order valence-corrected chi connectivity index (χ2v) is 9.20. The molecule has 0 aliphatic carbocycles. The van der Waals surface area contributed by atoms with E-state index in [4.69, 9.17) is 4.98 Å². The first-order valence-corrected chi connectivity index (χ1v) is 12.2. The average Bonchev–Trinajstić information content (AvgIpc) is 2.91. The average molecular weight is 467 g/mol. The maximum Gasteiger partial charge on any atom is 0.294 e. The summed E-state index contributed by atoms with van der Waals surface area (Å²) < 4.78 is 1.81. The van der Waals surface area contributed by atoms with E-state index in [1.165, 1.54) is 0 Å². The molecule has 35 heavy (non-hydrogen) atoms. The van der Waals surface area contributed by atoms with Gasteiger partial charge in [0.2, 0.25) is 5.91 Å². The highest BCUT2D eigenvalue weighted by Crippen LogP contribution is 2.23. The standard InChI is InChI=1S/C29H30N4O2/c1-21(23-12-6-3-7-13-23)30-28(34)24-16-18-32(19-17-24)27-29(35)33(20-22-10-4-2-5-11-22)26-15-9-8-14-25(26)31-27/h2-15,21,24H,16-20H2,1H3,(H,30,34)/t21-/m0/s1. The van der Waals surface area contributed by atoms with Gasteiger partial charge in [-0.3, -0.25) is 14.2 Å². The van der Waals surface area contributed by atoms with Gasteiger partial charge in [-0.1, -0.05) is 72.8 Å². The fourth-order valence-corrected chi connectivity index (χ4v) is 4.82. The quantitative estimate of drug-likeness (QED) is 0.453. The second kappa shape index (κ2) is 10.1. The molecule has 1 aromatic heterocycles. The lowest BCUT2D eigenvalue weighted by Crippen LogP contribution is -2.43. The number of carbonyl (C=O) groups is 1. The molecule has 1 aliphatic heterocycles. The third-order valence-corrected chi connectivity index (χ3v) is 6.84. The highest BCUT2D eigenvalue weighted by molar-refractivity contribution is 5.80. The van der Waals surface area contributed by atoms with Crippen LogP contribution in [0.2, 0.25) is 0 Å². The summed E-state index contributed by atoms with van der Waals surface area (Å²) in [6, 6.07) is 27.7. The first-order chi connectivity index (χ1) is 17.1. The Hall–Kier alpha value is -3.93. The van der Waals surface area contributed by atoms with E-state index in [0.717, 1.165) is 22.2 Å². The predicted molar refractivity (Wildman–Crippen MR) is 139 cm³/mol. The van der Waals surface area contributed by atoms with E-state index in [2.05, 4.69) is 5.32 Å². The van der Waals surface area contributed by atoms with Gasteiger partial charge in [0.05, 0.1) is 23.6 Å². The molecule has 178 valence electrons. The Kier molecular flexibility index (Phi) is 6.62. The van der Waals surface area contributed by atoms with Crippen LogP contribution in [0.15, 0.2) is 89.7 Å². The van der Waals surface area contributed by atoms with Gasteiger partial charge in [0.1, 0.15) is 0 Å². The van der Waals surface area contributed by atoms with Crippen LogP contribution >= 0.6 is 0 Å². The number of fused-ring (bicyclic) bond motifs is 1. The summed E-state index contributed by atoms with van der Waals surface area (Å²) in [6.07, 6.45) is 1.39. The molecule has 0 saturated carbocycles. The van der Waals surface area contributed by atoms with Crippen molar-refractivity contribution in [1.82, 2.24) is 14.9 Å². The molecule has 1 N–H and O–H groups in total. The van der Waals surface area contributed by atoms with Crippen LogP contribution in [0.5, 0.6) is 0 Å². The van der Waals surface area contributed by atoms with Gasteiger partial charge in [-0.2, -0.15) is 0 Å². The van der Waals surface area contributed by atoms with Crippen molar-refractivity contribution >= 4 is 22.8 Å². The molecule has 6 heteroatoms. The van der Waals surface area contributed by atoms with E-state index in [1.54, 1.807) is 0 Å². The summed E-state index contributed by atoms with van der Waals surface area (Å²) in [5.41, 5.74) is 3.70. The van der Waals surface area contributed by atoms with Gasteiger partial charge in [-0.25, -0.2) is 4.98 Å². The molecule has 4 aromatic rings. The Morgan fingerprint density at radius 1 is 0.943 bits per heavy atom. The molecule has 1 fully saturated rings. The molecule has 6 nitrogen and oxygen atoms in total. The molecule has 1 amide bonds. The second-order valence-electron chi connectivity index (χ2n) is 9.20. The Morgan fingerprint density at radius 2 is 1.57 bits per heavy atom. The van der Waals surface area contributed by atoms with Crippen LogP contribution in [-0.4, -0.2) is 28.5 Å². The van der Waals surface area contributed by atoms with E-state index < -0.39 is 0 Å². The van der Waals surface area contributed by atoms with Crippen LogP contribution in [-0.2, 0) is 11.3 Å². The van der Waals surface area contributed by atoms with Crippen LogP contribution in [0.1, 0.15) is 36.9 Å². The highest BCUT2D eigenvalue weighted by Gasteiger charge is 2.28. The number of piperidine rings is 1. The molecule has 0 spiro atoms. The van der Waals surface area contributed by atoms with Gasteiger partial charge in [0.15, 0.2) is 5.82 Å². The van der Waals surface area contributed by atoms with Crippen molar-refractivity contribution in [1.29, 1.82) is 0 Å². The van der Waals surface area contributed by atoms with Crippen molar-refractivity contribution in [3.05, 3.63) is 106 Å². The minimum Gasteiger partial charge on any atom is -0.352 e. The van der Waals surface area contributed by atoms with Crippen LogP contribution in [0.4, 0.5) is 5.82 Å². The van der Waals surface area contributed by atoms with Gasteiger partial charge in [-0.05, 0) is 43.0 Å². The van der Waals surface area contributed by atoms with Gasteiger partial charge < -0.3 is 10.2 Å². The van der Waals surface area contributed by atoms with Crippen LogP contribution in [0, 0.1) is 5.92 Å². The predicted octanol–water partition coefficient (Wildman–Crippen LogP) is 4.54. The summed E-state index contributed by atoms with van der Waals surface area (Å²) in [4.78, 5) is 33.3. The molecular formula is C29H30N4O2. The largest absolute Gasteiger partial charge is 0.352 e. The normalized spacial score (nSPS) is 15.2. The molecular weight excluding hydrogens is 436 g/mol. The zero-order chi connectivity index (χ0) is 24.2. The van der Waals surface area contributed by atoms with E-state index >= 15 is 0 Å². The van der Waals surface area contributed by atoms with Gasteiger partial charge in [-0.15, -0.1) is 0 Å². The number of rotatable bonds is 6. The van der Waals surface area contributed by atoms with Crippen LogP contribution in [0.3, 0.4) is 0 Å². The maximum absolute atomic E-state index is 13.6. The number of anilines is 1. The summed E-state index contributed by atoms with van der Waals surface area (Å²) in [6.45, 7) is 3.76. The van der Waals surface area contributed by atoms with Crippen molar-refractivity contribution in [2.45, 2.75) is 32.4 Å². The molecule has 1 atom stereocenters. The van der Waals surface area contributed by atoms with Gasteiger partial charge >= 0.3 is 0 Å². The van der Waals surface area contributed by atoms with Crippen LogP contribution < -0.4 is 15.8 Å². The maximum atomic E-state index is 13.6. The number of carbonyl (C=O) groups excluding carboxylic acids is 1.